The lowest BCUT2D eigenvalue weighted by Crippen LogP contribution is -2.38. The van der Waals surface area contributed by atoms with Crippen LogP contribution in [0.5, 0.6) is 0 Å². The summed E-state index contributed by atoms with van der Waals surface area (Å²) in [7, 11) is 1.69. The average molecular weight is 406 g/mol. The zero-order valence-corrected chi connectivity index (χ0v) is 17.1. The Kier molecular flexibility index (Phi) is 6.32. The second-order valence-electron chi connectivity index (χ2n) is 7.48. The number of hydrogen-bond acceptors (Lipinski definition) is 6. The number of aromatic nitrogens is 2. The lowest BCUT2D eigenvalue weighted by Gasteiger charge is -2.32. The highest BCUT2D eigenvalue weighted by Crippen LogP contribution is 2.27. The van der Waals surface area contributed by atoms with Crippen molar-refractivity contribution >= 4 is 16.8 Å². The number of benzene rings is 1. The maximum Gasteiger partial charge on any atom is 0.254 e. The highest BCUT2D eigenvalue weighted by molar-refractivity contribution is 6.06. The van der Waals surface area contributed by atoms with Crippen LogP contribution in [0, 0.1) is 0 Å². The summed E-state index contributed by atoms with van der Waals surface area (Å²) in [6, 6.07) is 15.4. The zero-order chi connectivity index (χ0) is 20.9. The van der Waals surface area contributed by atoms with Crippen molar-refractivity contribution in [3.8, 4) is 0 Å². The zero-order valence-electron chi connectivity index (χ0n) is 17.1. The van der Waals surface area contributed by atoms with Crippen LogP contribution in [0.1, 0.15) is 27.8 Å². The van der Waals surface area contributed by atoms with Gasteiger partial charge in [0.1, 0.15) is 6.10 Å². The molecule has 7 heteroatoms. The summed E-state index contributed by atoms with van der Waals surface area (Å²) in [6.07, 6.45) is 1.58. The van der Waals surface area contributed by atoms with Crippen molar-refractivity contribution < 1.29 is 14.6 Å². The fourth-order valence-electron chi connectivity index (χ4n) is 3.74. The fourth-order valence-corrected chi connectivity index (χ4v) is 3.74. The number of carbonyl (C=O) groups is 1. The number of rotatable bonds is 6. The minimum atomic E-state index is -0.221. The van der Waals surface area contributed by atoms with Crippen LogP contribution in [0.15, 0.2) is 54.7 Å². The van der Waals surface area contributed by atoms with Gasteiger partial charge in [0.2, 0.25) is 0 Å². The van der Waals surface area contributed by atoms with Gasteiger partial charge in [-0.3, -0.25) is 14.7 Å². The number of morpholine rings is 1. The van der Waals surface area contributed by atoms with Gasteiger partial charge < -0.3 is 14.7 Å². The van der Waals surface area contributed by atoms with Crippen LogP contribution >= 0.6 is 0 Å². The first-order chi connectivity index (χ1) is 14.7. The normalized spacial score (nSPS) is 17.2. The highest BCUT2D eigenvalue weighted by atomic mass is 16.5. The molecular formula is C23H26N4O3. The van der Waals surface area contributed by atoms with E-state index in [0.29, 0.717) is 18.7 Å². The monoisotopic (exact) mass is 406 g/mol. The van der Waals surface area contributed by atoms with E-state index in [1.165, 1.54) is 4.90 Å². The summed E-state index contributed by atoms with van der Waals surface area (Å²) < 4.78 is 6.03. The van der Waals surface area contributed by atoms with Gasteiger partial charge in [-0.25, -0.2) is 4.98 Å². The lowest BCUT2D eigenvalue weighted by atomic mass is 10.0. The Hall–Kier alpha value is -2.87. The number of likely N-dealkylation sites (N-methyl/N-ethyl adjacent to an activating group) is 1. The van der Waals surface area contributed by atoms with Crippen molar-refractivity contribution in [3.63, 3.8) is 0 Å². The van der Waals surface area contributed by atoms with Gasteiger partial charge in [0.25, 0.3) is 5.91 Å². The Morgan fingerprint density at radius 2 is 2.10 bits per heavy atom. The molecule has 156 valence electrons. The molecule has 1 aliphatic rings. The molecular weight excluding hydrogens is 380 g/mol. The van der Waals surface area contributed by atoms with E-state index < -0.39 is 0 Å². The SMILES string of the molecule is CN(CCO)C(=O)c1cc(C2CN(Cc3ccccn3)CCO2)nc2ccccc12. The standard InChI is InChI=1S/C23H26N4O3/c1-26(10-12-28)23(29)19-14-21(25-20-8-3-2-7-18(19)20)22-16-27(11-13-30-22)15-17-6-4-5-9-24-17/h2-9,14,22,28H,10-13,15-16H2,1H3. The molecule has 2 aromatic heterocycles. The smallest absolute Gasteiger partial charge is 0.254 e. The van der Waals surface area contributed by atoms with E-state index in [0.717, 1.165) is 35.4 Å². The van der Waals surface area contributed by atoms with E-state index in [2.05, 4.69) is 9.88 Å². The summed E-state index contributed by atoms with van der Waals surface area (Å²) >= 11 is 0. The van der Waals surface area contributed by atoms with Crippen LogP contribution in [0.3, 0.4) is 0 Å². The van der Waals surface area contributed by atoms with E-state index in [1.807, 2.05) is 48.5 Å². The summed E-state index contributed by atoms with van der Waals surface area (Å²) in [6.45, 7) is 3.06. The van der Waals surface area contributed by atoms with Gasteiger partial charge in [-0.15, -0.1) is 0 Å². The van der Waals surface area contributed by atoms with E-state index in [1.54, 1.807) is 13.2 Å². The second-order valence-corrected chi connectivity index (χ2v) is 7.48. The van der Waals surface area contributed by atoms with Gasteiger partial charge in [-0.2, -0.15) is 0 Å². The molecule has 0 bridgehead atoms. The number of pyridine rings is 2. The van der Waals surface area contributed by atoms with E-state index >= 15 is 0 Å². The number of amides is 1. The molecule has 1 unspecified atom stereocenters. The Morgan fingerprint density at radius 1 is 1.27 bits per heavy atom. The molecule has 0 radical (unpaired) electrons. The largest absolute Gasteiger partial charge is 0.395 e. The summed E-state index contributed by atoms with van der Waals surface area (Å²) in [4.78, 5) is 26.1. The van der Waals surface area contributed by atoms with E-state index in [9.17, 15) is 9.90 Å². The first kappa shape index (κ1) is 20.4. The van der Waals surface area contributed by atoms with Crippen molar-refractivity contribution in [2.45, 2.75) is 12.6 Å². The van der Waals surface area contributed by atoms with Gasteiger partial charge in [0, 0.05) is 44.8 Å². The number of fused-ring (bicyclic) bond motifs is 1. The fraction of sp³-hybridized carbons (Fsp3) is 0.348. The van der Waals surface area contributed by atoms with Crippen molar-refractivity contribution in [2.24, 2.45) is 0 Å². The van der Waals surface area contributed by atoms with Crippen molar-refractivity contribution in [3.05, 3.63) is 71.7 Å². The number of aliphatic hydroxyl groups is 1. The number of hydrogen-bond donors (Lipinski definition) is 1. The molecule has 1 atom stereocenters. The molecule has 0 spiro atoms. The Balaban J connectivity index is 1.62. The molecule has 1 aliphatic heterocycles. The molecule has 0 saturated carbocycles. The maximum absolute atomic E-state index is 13.0. The molecule has 0 aliphatic carbocycles. The van der Waals surface area contributed by atoms with E-state index in [4.69, 9.17) is 9.72 Å². The molecule has 30 heavy (non-hydrogen) atoms. The molecule has 4 rings (SSSR count). The van der Waals surface area contributed by atoms with Crippen molar-refractivity contribution in [2.75, 3.05) is 39.9 Å². The molecule has 3 heterocycles. The highest BCUT2D eigenvalue weighted by Gasteiger charge is 2.26. The summed E-state index contributed by atoms with van der Waals surface area (Å²) in [5.41, 5.74) is 3.12. The van der Waals surface area contributed by atoms with Gasteiger partial charge in [-0.05, 0) is 24.3 Å². The Labute approximate surface area is 175 Å². The van der Waals surface area contributed by atoms with Gasteiger partial charge >= 0.3 is 0 Å². The van der Waals surface area contributed by atoms with Crippen molar-refractivity contribution in [1.82, 2.24) is 19.8 Å². The number of carbonyl (C=O) groups excluding carboxylic acids is 1. The lowest BCUT2D eigenvalue weighted by molar-refractivity contribution is -0.0352. The molecule has 3 aromatic rings. The number of aliphatic hydroxyl groups excluding tert-OH is 1. The topological polar surface area (TPSA) is 78.8 Å². The van der Waals surface area contributed by atoms with E-state index in [-0.39, 0.29) is 25.2 Å². The van der Waals surface area contributed by atoms with Gasteiger partial charge in [0.15, 0.2) is 0 Å². The quantitative estimate of drug-likeness (QED) is 0.677. The number of ether oxygens (including phenoxy) is 1. The Bertz CT molecular complexity index is 1010. The van der Waals surface area contributed by atoms with Crippen LogP contribution in [-0.4, -0.2) is 70.7 Å². The Morgan fingerprint density at radius 3 is 2.90 bits per heavy atom. The molecule has 7 nitrogen and oxygen atoms in total. The first-order valence-corrected chi connectivity index (χ1v) is 10.2. The van der Waals surface area contributed by atoms with Crippen LogP contribution in [-0.2, 0) is 11.3 Å². The van der Waals surface area contributed by atoms with Crippen LogP contribution in [0.4, 0.5) is 0 Å². The van der Waals surface area contributed by atoms with Crippen LogP contribution < -0.4 is 0 Å². The molecule has 1 fully saturated rings. The number of para-hydroxylation sites is 1. The second kappa shape index (κ2) is 9.30. The minimum absolute atomic E-state index is 0.0771. The number of nitrogens with zero attached hydrogens (tertiary/aromatic N) is 4. The minimum Gasteiger partial charge on any atom is -0.395 e. The van der Waals surface area contributed by atoms with Crippen molar-refractivity contribution in [1.29, 1.82) is 0 Å². The summed E-state index contributed by atoms with van der Waals surface area (Å²) in [5, 5.41) is 10.0. The van der Waals surface area contributed by atoms with Crippen LogP contribution in [0.2, 0.25) is 0 Å². The third-order valence-electron chi connectivity index (χ3n) is 5.34. The predicted octanol–water partition coefficient (Wildman–Crippen LogP) is 2.27. The maximum atomic E-state index is 13.0. The molecule has 1 aromatic carbocycles. The molecule has 1 amide bonds. The first-order valence-electron chi connectivity index (χ1n) is 10.2. The van der Waals surface area contributed by atoms with Gasteiger partial charge in [-0.1, -0.05) is 24.3 Å². The molecule has 1 N–H and O–H groups in total. The molecule has 1 saturated heterocycles. The third-order valence-corrected chi connectivity index (χ3v) is 5.34. The third kappa shape index (κ3) is 4.48. The van der Waals surface area contributed by atoms with Crippen LogP contribution in [0.25, 0.3) is 10.9 Å². The van der Waals surface area contributed by atoms with Gasteiger partial charge in [0.05, 0.1) is 35.7 Å². The summed E-state index contributed by atoms with van der Waals surface area (Å²) in [5.74, 6) is -0.134. The average Bonchev–Trinajstić information content (AvgIpc) is 2.79. The predicted molar refractivity (Wildman–Crippen MR) is 114 cm³/mol.